The van der Waals surface area contributed by atoms with Gasteiger partial charge in [-0.1, -0.05) is 0 Å². The van der Waals surface area contributed by atoms with Gasteiger partial charge in [0.2, 0.25) is 0 Å². The lowest BCUT2D eigenvalue weighted by Gasteiger charge is -2.28. The molecule has 2 aromatic heterocycles. The first-order valence-corrected chi connectivity index (χ1v) is 7.19. The van der Waals surface area contributed by atoms with Crippen LogP contribution in [-0.2, 0) is 0 Å². The number of aromatic nitrogens is 3. The highest BCUT2D eigenvalue weighted by Gasteiger charge is 2.28. The average molecular weight is 268 g/mol. The van der Waals surface area contributed by atoms with Gasteiger partial charge < -0.3 is 4.90 Å². The Kier molecular flexibility index (Phi) is 3.38. The van der Waals surface area contributed by atoms with Crippen molar-refractivity contribution in [2.45, 2.75) is 45.7 Å². The Bertz CT molecular complexity index is 587. The van der Waals surface area contributed by atoms with E-state index in [1.807, 2.05) is 19.1 Å². The van der Waals surface area contributed by atoms with Crippen molar-refractivity contribution in [2.24, 2.45) is 0 Å². The molecule has 0 aliphatic carbocycles. The second-order valence-electron chi connectivity index (χ2n) is 5.61. The minimum Gasteiger partial charge on any atom is -0.351 e. The van der Waals surface area contributed by atoms with Gasteiger partial charge in [0.25, 0.3) is 0 Å². The lowest BCUT2D eigenvalue weighted by atomic mass is 10.2. The lowest BCUT2D eigenvalue weighted by Crippen LogP contribution is -2.33. The third-order valence-corrected chi connectivity index (χ3v) is 4.00. The summed E-state index contributed by atoms with van der Waals surface area (Å²) < 4.78 is 0. The van der Waals surface area contributed by atoms with E-state index in [2.05, 4.69) is 34.8 Å². The SMILES string of the molecule is Cc1cc(N2C(C)CCC2C)nc(-c2ccncc2)n1. The number of hydrogen-bond donors (Lipinski definition) is 0. The Labute approximate surface area is 119 Å². The predicted octanol–water partition coefficient (Wildman–Crippen LogP) is 3.22. The van der Waals surface area contributed by atoms with Crippen LogP contribution in [0.15, 0.2) is 30.6 Å². The molecular formula is C16H20N4. The molecule has 1 aliphatic rings. The number of rotatable bonds is 2. The summed E-state index contributed by atoms with van der Waals surface area (Å²) in [5, 5.41) is 0. The van der Waals surface area contributed by atoms with E-state index in [-0.39, 0.29) is 0 Å². The van der Waals surface area contributed by atoms with Crippen LogP contribution in [0.3, 0.4) is 0 Å². The van der Waals surface area contributed by atoms with Crippen molar-refractivity contribution in [3.8, 4) is 11.4 Å². The molecule has 2 aromatic rings. The highest BCUT2D eigenvalue weighted by molar-refractivity contribution is 5.57. The third-order valence-electron chi connectivity index (χ3n) is 4.00. The Morgan fingerprint density at radius 1 is 1.05 bits per heavy atom. The normalized spacial score (nSPS) is 22.2. The first kappa shape index (κ1) is 13.0. The van der Waals surface area contributed by atoms with Crippen molar-refractivity contribution < 1.29 is 0 Å². The van der Waals surface area contributed by atoms with Gasteiger partial charge in [-0.15, -0.1) is 0 Å². The van der Waals surface area contributed by atoms with E-state index in [1.54, 1.807) is 12.4 Å². The van der Waals surface area contributed by atoms with Gasteiger partial charge in [-0.2, -0.15) is 0 Å². The summed E-state index contributed by atoms with van der Waals surface area (Å²) >= 11 is 0. The number of aryl methyl sites for hydroxylation is 1. The van der Waals surface area contributed by atoms with Crippen molar-refractivity contribution in [2.75, 3.05) is 4.90 Å². The molecule has 3 heterocycles. The monoisotopic (exact) mass is 268 g/mol. The number of pyridine rings is 1. The summed E-state index contributed by atoms with van der Waals surface area (Å²) in [7, 11) is 0. The maximum atomic E-state index is 4.77. The van der Waals surface area contributed by atoms with Crippen molar-refractivity contribution in [3.05, 3.63) is 36.3 Å². The number of nitrogens with zero attached hydrogens (tertiary/aromatic N) is 4. The predicted molar refractivity (Wildman–Crippen MR) is 80.6 cm³/mol. The molecule has 104 valence electrons. The number of hydrogen-bond acceptors (Lipinski definition) is 4. The van der Waals surface area contributed by atoms with E-state index in [4.69, 9.17) is 4.98 Å². The molecular weight excluding hydrogens is 248 g/mol. The van der Waals surface area contributed by atoms with E-state index in [0.717, 1.165) is 22.9 Å². The fraction of sp³-hybridized carbons (Fsp3) is 0.438. The van der Waals surface area contributed by atoms with Crippen LogP contribution in [0, 0.1) is 6.92 Å². The highest BCUT2D eigenvalue weighted by atomic mass is 15.3. The zero-order chi connectivity index (χ0) is 14.1. The second-order valence-corrected chi connectivity index (χ2v) is 5.61. The minimum absolute atomic E-state index is 0.546. The van der Waals surface area contributed by atoms with Crippen LogP contribution < -0.4 is 4.90 Å². The summed E-state index contributed by atoms with van der Waals surface area (Å²) in [6, 6.07) is 7.09. The Balaban J connectivity index is 2.03. The van der Waals surface area contributed by atoms with Crippen LogP contribution in [0.25, 0.3) is 11.4 Å². The van der Waals surface area contributed by atoms with Crippen LogP contribution in [-0.4, -0.2) is 27.0 Å². The molecule has 0 radical (unpaired) electrons. The summed E-state index contributed by atoms with van der Waals surface area (Å²) in [5.74, 6) is 1.83. The first-order chi connectivity index (χ1) is 9.65. The minimum atomic E-state index is 0.546. The molecule has 0 N–H and O–H groups in total. The summed E-state index contributed by atoms with van der Waals surface area (Å²) in [4.78, 5) is 15.8. The second kappa shape index (κ2) is 5.19. The van der Waals surface area contributed by atoms with Gasteiger partial charge in [-0.05, 0) is 45.7 Å². The molecule has 1 saturated heterocycles. The van der Waals surface area contributed by atoms with E-state index >= 15 is 0 Å². The average Bonchev–Trinajstić information content (AvgIpc) is 2.78. The summed E-state index contributed by atoms with van der Waals surface area (Å²) in [6.45, 7) is 6.57. The van der Waals surface area contributed by atoms with Crippen molar-refractivity contribution in [1.29, 1.82) is 0 Å². The Morgan fingerprint density at radius 2 is 1.70 bits per heavy atom. The van der Waals surface area contributed by atoms with Crippen molar-refractivity contribution >= 4 is 5.82 Å². The Morgan fingerprint density at radius 3 is 2.35 bits per heavy atom. The Hall–Kier alpha value is -1.97. The van der Waals surface area contributed by atoms with Gasteiger partial charge >= 0.3 is 0 Å². The molecule has 3 rings (SSSR count). The topological polar surface area (TPSA) is 41.9 Å². The number of anilines is 1. The molecule has 0 spiro atoms. The van der Waals surface area contributed by atoms with E-state index in [0.29, 0.717) is 12.1 Å². The first-order valence-electron chi connectivity index (χ1n) is 7.19. The van der Waals surface area contributed by atoms with Crippen molar-refractivity contribution in [3.63, 3.8) is 0 Å². The van der Waals surface area contributed by atoms with Gasteiger partial charge in [-0.3, -0.25) is 4.98 Å². The molecule has 1 aliphatic heterocycles. The van der Waals surface area contributed by atoms with Gasteiger partial charge in [0.1, 0.15) is 5.82 Å². The van der Waals surface area contributed by atoms with E-state index < -0.39 is 0 Å². The van der Waals surface area contributed by atoms with Crippen LogP contribution in [0.1, 0.15) is 32.4 Å². The fourth-order valence-electron chi connectivity index (χ4n) is 2.96. The largest absolute Gasteiger partial charge is 0.351 e. The maximum absolute atomic E-state index is 4.77. The zero-order valence-electron chi connectivity index (χ0n) is 12.2. The molecule has 0 aromatic carbocycles. The van der Waals surface area contributed by atoms with Gasteiger partial charge in [-0.25, -0.2) is 9.97 Å². The summed E-state index contributed by atoms with van der Waals surface area (Å²) in [6.07, 6.45) is 6.02. The molecule has 0 saturated carbocycles. The third kappa shape index (κ3) is 2.38. The van der Waals surface area contributed by atoms with E-state index in [1.165, 1.54) is 12.8 Å². The standard InChI is InChI=1S/C16H20N4/c1-11-10-15(20-12(2)4-5-13(20)3)19-16(18-11)14-6-8-17-9-7-14/h6-10,12-13H,4-5H2,1-3H3. The molecule has 2 unspecified atom stereocenters. The lowest BCUT2D eigenvalue weighted by molar-refractivity contribution is 0.681. The molecule has 1 fully saturated rings. The maximum Gasteiger partial charge on any atom is 0.161 e. The van der Waals surface area contributed by atoms with Crippen LogP contribution in [0.2, 0.25) is 0 Å². The van der Waals surface area contributed by atoms with Gasteiger partial charge in [0.15, 0.2) is 5.82 Å². The molecule has 0 amide bonds. The van der Waals surface area contributed by atoms with Gasteiger partial charge in [0, 0.05) is 41.8 Å². The van der Waals surface area contributed by atoms with Gasteiger partial charge in [0.05, 0.1) is 0 Å². The van der Waals surface area contributed by atoms with E-state index in [9.17, 15) is 0 Å². The zero-order valence-corrected chi connectivity index (χ0v) is 12.2. The molecule has 4 heteroatoms. The fourth-order valence-corrected chi connectivity index (χ4v) is 2.96. The van der Waals surface area contributed by atoms with Crippen LogP contribution >= 0.6 is 0 Å². The molecule has 4 nitrogen and oxygen atoms in total. The quantitative estimate of drug-likeness (QED) is 0.838. The highest BCUT2D eigenvalue weighted by Crippen LogP contribution is 2.30. The van der Waals surface area contributed by atoms with Crippen molar-refractivity contribution in [1.82, 2.24) is 15.0 Å². The van der Waals surface area contributed by atoms with Crippen LogP contribution in [0.4, 0.5) is 5.82 Å². The smallest absolute Gasteiger partial charge is 0.161 e. The van der Waals surface area contributed by atoms with Crippen LogP contribution in [0.5, 0.6) is 0 Å². The molecule has 20 heavy (non-hydrogen) atoms. The molecule has 2 atom stereocenters. The summed E-state index contributed by atoms with van der Waals surface area (Å²) in [5.41, 5.74) is 2.03. The molecule has 0 bridgehead atoms.